The molecule has 2 aliphatic rings. The largest absolute Gasteiger partial charge is 2.00 e. The molecule has 8 rings (SSSR count). The van der Waals surface area contributed by atoms with E-state index in [1.807, 2.05) is 38.6 Å². The van der Waals surface area contributed by atoms with Gasteiger partial charge in [-0.05, 0) is 119 Å². The maximum atomic E-state index is 13.6. The second-order valence-corrected chi connectivity index (χ2v) is 14.5. The van der Waals surface area contributed by atoms with Crippen LogP contribution < -0.4 is 17.0 Å². The molecule has 0 saturated heterocycles. The normalized spacial score (nSPS) is 14.3. The van der Waals surface area contributed by atoms with Gasteiger partial charge in [-0.25, -0.2) is 18.7 Å². The second-order valence-electron chi connectivity index (χ2n) is 13.0. The molecule has 0 bridgehead atoms. The summed E-state index contributed by atoms with van der Waals surface area (Å²) in [6.45, 7) is 2.79. The van der Waals surface area contributed by atoms with Crippen molar-refractivity contribution in [3.05, 3.63) is 124 Å². The maximum Gasteiger partial charge on any atom is 2.00 e. The third-order valence-corrected chi connectivity index (χ3v) is 11.4. The van der Waals surface area contributed by atoms with E-state index >= 15 is 0 Å². The number of carbonyl (C=O) groups is 1. The van der Waals surface area contributed by atoms with Crippen LogP contribution in [0.25, 0.3) is 22.8 Å². The molecule has 4 aromatic heterocycles. The average molecular weight is 942 g/mol. The summed E-state index contributed by atoms with van der Waals surface area (Å²) in [5, 5.41) is 19.0. The number of benzene rings is 2. The van der Waals surface area contributed by atoms with Crippen LogP contribution in [0.4, 0.5) is 8.78 Å². The number of hydrogen-bond donors (Lipinski definition) is 1. The number of hydrogen-bond acceptors (Lipinski definition) is 6. The van der Waals surface area contributed by atoms with E-state index in [2.05, 4.69) is 56.7 Å². The first kappa shape index (κ1) is 43.7. The van der Waals surface area contributed by atoms with Gasteiger partial charge in [-0.3, -0.25) is 14.2 Å². The minimum absolute atomic E-state index is 0. The Kier molecular flexibility index (Phi) is 15.6. The number of imidazole rings is 2. The van der Waals surface area contributed by atoms with E-state index in [1.165, 1.54) is 49.9 Å². The molecule has 1 unspecified atom stereocenters. The van der Waals surface area contributed by atoms with Crippen molar-refractivity contribution in [1.82, 2.24) is 38.7 Å². The van der Waals surface area contributed by atoms with Crippen LogP contribution in [-0.4, -0.2) is 73.1 Å². The molecule has 1 atom stereocenters. The number of aldehydes is 1. The van der Waals surface area contributed by atoms with Gasteiger partial charge in [-0.15, -0.1) is 0 Å². The van der Waals surface area contributed by atoms with Gasteiger partial charge in [0.1, 0.15) is 32.5 Å². The van der Waals surface area contributed by atoms with Crippen molar-refractivity contribution in [2.45, 2.75) is 76.7 Å². The standard InChI is InChI=1S/C19H20BrFN4O.C18H16BrFN4O.CH3.BrH.Mg/c1-12(26)17-9-14(21)5-6-16(17)19-22-7-8-24(19)11-13-10-23-25(18(13)20)15-3-2-4-15;19-17-13(9-22-24(17)15-2-1-3-15)10-23-7-6-21-18(23)16-5-4-14(20)8-12(16)11-25;;;/h5-10,12,15,26H,2-4,11H2,1H3;4-9,11,15H,1-3,10H2;1H3;1H;/q;;-1;;+2/p-1. The van der Waals surface area contributed by atoms with Gasteiger partial charge in [0.25, 0.3) is 0 Å². The summed E-state index contributed by atoms with van der Waals surface area (Å²) >= 11 is 7.33. The fraction of sp³-hybridized carbons (Fsp3) is 0.316. The molecule has 2 fully saturated rings. The molecule has 0 spiro atoms. The molecule has 1 N–H and O–H groups in total. The molecule has 4 heterocycles. The van der Waals surface area contributed by atoms with Crippen LogP contribution >= 0.6 is 31.9 Å². The first-order valence-corrected chi connectivity index (χ1v) is 18.5. The van der Waals surface area contributed by atoms with Gasteiger partial charge < -0.3 is 38.6 Å². The van der Waals surface area contributed by atoms with Crippen molar-refractivity contribution in [2.75, 3.05) is 0 Å². The Labute approximate surface area is 356 Å². The second kappa shape index (κ2) is 19.2. The van der Waals surface area contributed by atoms with Crippen LogP contribution in [0, 0.1) is 19.1 Å². The first-order chi connectivity index (χ1) is 24.7. The maximum absolute atomic E-state index is 13.6. The predicted octanol–water partition coefficient (Wildman–Crippen LogP) is 5.78. The van der Waals surface area contributed by atoms with Crippen LogP contribution in [0.15, 0.2) is 82.8 Å². The third-order valence-electron chi connectivity index (χ3n) is 9.65. The summed E-state index contributed by atoms with van der Waals surface area (Å²) in [4.78, 5) is 20.1. The van der Waals surface area contributed by atoms with Crippen LogP contribution in [0.3, 0.4) is 0 Å². The van der Waals surface area contributed by atoms with E-state index < -0.39 is 11.9 Å². The third kappa shape index (κ3) is 9.15. The summed E-state index contributed by atoms with van der Waals surface area (Å²) in [5.74, 6) is 0.523. The zero-order chi connectivity index (χ0) is 35.6. The Hall–Kier alpha value is -3.02. The number of aliphatic hydroxyl groups excluding tert-OH is 1. The molecule has 2 saturated carbocycles. The van der Waals surface area contributed by atoms with E-state index in [4.69, 9.17) is 0 Å². The van der Waals surface area contributed by atoms with Gasteiger partial charge in [-0.2, -0.15) is 10.2 Å². The number of aromatic nitrogens is 8. The molecule has 0 radical (unpaired) electrons. The number of halogens is 5. The minimum Gasteiger partial charge on any atom is -1.00 e. The molecule has 54 heavy (non-hydrogen) atoms. The molecule has 2 aromatic carbocycles. The predicted molar refractivity (Wildman–Crippen MR) is 207 cm³/mol. The molecule has 16 heteroatoms. The zero-order valence-electron chi connectivity index (χ0n) is 29.9. The molecular weight excluding hydrogens is 902 g/mol. The van der Waals surface area contributed by atoms with Gasteiger partial charge in [0.15, 0.2) is 6.29 Å². The molecule has 2 aliphatic carbocycles. The molecule has 10 nitrogen and oxygen atoms in total. The van der Waals surface area contributed by atoms with Crippen molar-refractivity contribution in [3.8, 4) is 22.8 Å². The number of nitrogens with zero attached hydrogens (tertiary/aromatic N) is 8. The quantitative estimate of drug-likeness (QED) is 0.106. The van der Waals surface area contributed by atoms with Gasteiger partial charge in [0.05, 0.1) is 43.7 Å². The van der Waals surface area contributed by atoms with E-state index in [0.717, 1.165) is 38.7 Å². The summed E-state index contributed by atoms with van der Waals surface area (Å²) in [5.41, 5.74) is 4.27. The van der Waals surface area contributed by atoms with E-state index in [1.54, 1.807) is 31.5 Å². The Morgan fingerprint density at radius 2 is 1.28 bits per heavy atom. The number of rotatable bonds is 10. The van der Waals surface area contributed by atoms with Gasteiger partial charge in [0.2, 0.25) is 0 Å². The summed E-state index contributed by atoms with van der Waals surface area (Å²) < 4.78 is 37.0. The van der Waals surface area contributed by atoms with E-state index in [0.29, 0.717) is 54.2 Å². The van der Waals surface area contributed by atoms with Crippen molar-refractivity contribution in [2.24, 2.45) is 0 Å². The molecular formula is C38H39Br3F2MgN8O2. The summed E-state index contributed by atoms with van der Waals surface area (Å²) in [6.07, 6.45) is 17.9. The SMILES string of the molecule is CC(O)c1cc(F)ccc1-c1nccn1Cc1cnn(C2CCC2)c1Br.O=Cc1cc(F)ccc1-c1nccn1Cc1cnn(C2CCC2)c1Br.[Br-].[CH3-].[Mg+2]. The Balaban J connectivity index is 0.000000228. The van der Waals surface area contributed by atoms with Gasteiger partial charge in [0, 0.05) is 52.6 Å². The van der Waals surface area contributed by atoms with Crippen molar-refractivity contribution < 1.29 is 35.7 Å². The van der Waals surface area contributed by atoms with Crippen LogP contribution in [0.5, 0.6) is 0 Å². The van der Waals surface area contributed by atoms with Gasteiger partial charge in [-0.1, -0.05) is 0 Å². The van der Waals surface area contributed by atoms with Crippen LogP contribution in [0.1, 0.15) is 90.7 Å². The first-order valence-electron chi connectivity index (χ1n) is 16.9. The summed E-state index contributed by atoms with van der Waals surface area (Å²) in [7, 11) is 0. The molecule has 280 valence electrons. The minimum atomic E-state index is -0.779. The fourth-order valence-electron chi connectivity index (χ4n) is 6.40. The van der Waals surface area contributed by atoms with Crippen molar-refractivity contribution >= 4 is 61.2 Å². The summed E-state index contributed by atoms with van der Waals surface area (Å²) in [6, 6.07) is 9.54. The number of carbonyl (C=O) groups excluding carboxylic acids is 1. The monoisotopic (exact) mass is 938 g/mol. The van der Waals surface area contributed by atoms with Crippen molar-refractivity contribution in [3.63, 3.8) is 0 Å². The topological polar surface area (TPSA) is 109 Å². The molecule has 0 amide bonds. The van der Waals surface area contributed by atoms with Crippen molar-refractivity contribution in [1.29, 1.82) is 0 Å². The molecule has 0 aliphatic heterocycles. The Morgan fingerprint density at radius 3 is 1.72 bits per heavy atom. The molecule has 6 aromatic rings. The van der Waals surface area contributed by atoms with Gasteiger partial charge >= 0.3 is 23.1 Å². The van der Waals surface area contributed by atoms with E-state index in [-0.39, 0.29) is 58.8 Å². The van der Waals surface area contributed by atoms with Crippen LogP contribution in [-0.2, 0) is 13.1 Å². The van der Waals surface area contributed by atoms with Crippen LogP contribution in [0.2, 0.25) is 0 Å². The number of aliphatic hydroxyl groups is 1. The zero-order valence-corrected chi connectivity index (χ0v) is 36.1. The van der Waals surface area contributed by atoms with E-state index in [9.17, 15) is 18.7 Å². The Bertz CT molecular complexity index is 2170. The fourth-order valence-corrected chi connectivity index (χ4v) is 7.61. The smallest absolute Gasteiger partial charge is 1.00 e. The Morgan fingerprint density at radius 1 is 0.815 bits per heavy atom. The average Bonchev–Trinajstić information content (AvgIpc) is 3.87.